The van der Waals surface area contributed by atoms with Gasteiger partial charge in [0.2, 0.25) is 0 Å². The topological polar surface area (TPSA) is 32.3 Å². The lowest BCUT2D eigenvalue weighted by Crippen LogP contribution is -2.30. The molecule has 3 nitrogen and oxygen atoms in total. The minimum absolute atomic E-state index is 0.171. The van der Waals surface area contributed by atoms with E-state index >= 15 is 0 Å². The zero-order valence-corrected chi connectivity index (χ0v) is 5.90. The van der Waals surface area contributed by atoms with Crippen LogP contribution in [0.25, 0.3) is 0 Å². The summed E-state index contributed by atoms with van der Waals surface area (Å²) >= 11 is 3.75. The molecule has 0 spiro atoms. The van der Waals surface area contributed by atoms with Gasteiger partial charge in [0.25, 0.3) is 0 Å². The van der Waals surface area contributed by atoms with Crippen molar-refractivity contribution in [3.8, 4) is 0 Å². The summed E-state index contributed by atoms with van der Waals surface area (Å²) in [5.74, 6) is 0. The van der Waals surface area contributed by atoms with E-state index in [9.17, 15) is 4.79 Å². The Hall–Kier alpha value is -0.380. The van der Waals surface area contributed by atoms with Crippen molar-refractivity contribution in [3.05, 3.63) is 0 Å². The number of hydrogen-bond acceptors (Lipinski definition) is 2. The maximum Gasteiger partial charge on any atom is 0.326 e. The summed E-state index contributed by atoms with van der Waals surface area (Å²) in [7, 11) is 1.58. The van der Waals surface area contributed by atoms with Crippen LogP contribution in [-0.4, -0.2) is 23.9 Å². The Morgan fingerprint density at radius 1 is 1.88 bits per heavy atom. The number of nitrogens with one attached hydrogen (secondary N) is 1. The maximum atomic E-state index is 10.5. The van der Waals surface area contributed by atoms with Crippen LogP contribution in [0.5, 0.6) is 0 Å². The van der Waals surface area contributed by atoms with Gasteiger partial charge in [-0.2, -0.15) is 0 Å². The van der Waals surface area contributed by atoms with Crippen molar-refractivity contribution in [2.45, 2.75) is 6.92 Å². The molecule has 0 saturated heterocycles. The lowest BCUT2D eigenvalue weighted by atomic mass is 10.7. The highest BCUT2D eigenvalue weighted by molar-refractivity contribution is 7.78. The van der Waals surface area contributed by atoms with Crippen LogP contribution in [0.1, 0.15) is 6.92 Å². The Balaban J connectivity index is 3.33. The molecule has 4 heteroatoms. The number of carbonyl (C=O) groups excluding carboxylic acids is 1. The van der Waals surface area contributed by atoms with Gasteiger partial charge in [-0.1, -0.05) is 12.8 Å². The summed E-state index contributed by atoms with van der Waals surface area (Å²) in [4.78, 5) is 10.5. The molecular formula is C4H10N2OS. The van der Waals surface area contributed by atoms with Crippen molar-refractivity contribution < 1.29 is 4.79 Å². The van der Waals surface area contributed by atoms with Crippen LogP contribution in [0.3, 0.4) is 0 Å². The second-order valence-corrected chi connectivity index (χ2v) is 1.96. The monoisotopic (exact) mass is 134 g/mol. The highest BCUT2D eigenvalue weighted by atomic mass is 32.1. The van der Waals surface area contributed by atoms with Gasteiger partial charge in [-0.25, -0.2) is 4.79 Å². The van der Waals surface area contributed by atoms with Crippen LogP contribution >= 0.6 is 12.8 Å². The molecule has 0 rings (SSSR count). The van der Waals surface area contributed by atoms with Crippen LogP contribution in [0, 0.1) is 0 Å². The second kappa shape index (κ2) is 3.60. The van der Waals surface area contributed by atoms with Crippen LogP contribution in [-0.2, 0) is 0 Å². The fourth-order valence-corrected chi connectivity index (χ4v) is 0.336. The predicted octanol–water partition coefficient (Wildman–Crippen LogP) is 0.493. The third-order valence-corrected chi connectivity index (χ3v) is 0.804. The minimum Gasteiger partial charge on any atom is -0.338 e. The summed E-state index contributed by atoms with van der Waals surface area (Å²) in [5, 5.41) is 2.56. The molecule has 0 aromatic rings. The van der Waals surface area contributed by atoms with Gasteiger partial charge in [-0.3, -0.25) is 4.31 Å². The molecule has 0 aliphatic heterocycles. The van der Waals surface area contributed by atoms with Gasteiger partial charge in [0.15, 0.2) is 0 Å². The van der Waals surface area contributed by atoms with Crippen molar-refractivity contribution in [2.75, 3.05) is 13.6 Å². The van der Waals surface area contributed by atoms with Gasteiger partial charge in [0, 0.05) is 13.6 Å². The summed E-state index contributed by atoms with van der Waals surface area (Å²) in [6, 6.07) is -0.171. The Bertz CT molecular complexity index is 84.1. The third-order valence-electron chi connectivity index (χ3n) is 0.622. The molecule has 8 heavy (non-hydrogen) atoms. The standard InChI is InChI=1S/C4H10N2OS/c1-3-5-4(7)6(2)8/h8H,3H2,1-2H3,(H,5,7). The van der Waals surface area contributed by atoms with Crippen LogP contribution in [0.2, 0.25) is 0 Å². The van der Waals surface area contributed by atoms with Crippen molar-refractivity contribution in [1.29, 1.82) is 0 Å². The van der Waals surface area contributed by atoms with Gasteiger partial charge >= 0.3 is 6.03 Å². The van der Waals surface area contributed by atoms with Crippen LogP contribution in [0.4, 0.5) is 4.79 Å². The van der Waals surface area contributed by atoms with Crippen molar-refractivity contribution in [2.24, 2.45) is 0 Å². The van der Waals surface area contributed by atoms with Crippen LogP contribution < -0.4 is 5.32 Å². The van der Waals surface area contributed by atoms with E-state index in [0.29, 0.717) is 6.54 Å². The molecule has 0 aliphatic carbocycles. The van der Waals surface area contributed by atoms with E-state index in [1.165, 1.54) is 4.31 Å². The number of hydrogen-bond donors (Lipinski definition) is 2. The van der Waals surface area contributed by atoms with Crippen LogP contribution in [0.15, 0.2) is 0 Å². The molecule has 1 N–H and O–H groups in total. The number of rotatable bonds is 1. The molecule has 0 heterocycles. The molecule has 0 aromatic heterocycles. The normalized spacial score (nSPS) is 8.38. The average Bonchev–Trinajstić information content (AvgIpc) is 1.67. The zero-order chi connectivity index (χ0) is 6.57. The summed E-state index contributed by atoms with van der Waals surface area (Å²) in [6.07, 6.45) is 0. The molecule has 2 amide bonds. The predicted molar refractivity (Wildman–Crippen MR) is 35.8 cm³/mol. The SMILES string of the molecule is CCNC(=O)N(C)S. The zero-order valence-electron chi connectivity index (χ0n) is 5.01. The average molecular weight is 134 g/mol. The van der Waals surface area contributed by atoms with Crippen molar-refractivity contribution >= 4 is 18.8 Å². The highest BCUT2D eigenvalue weighted by Gasteiger charge is 1.98. The summed E-state index contributed by atoms with van der Waals surface area (Å²) in [5.41, 5.74) is 0. The minimum atomic E-state index is -0.171. The quantitative estimate of drug-likeness (QED) is 0.503. The van der Waals surface area contributed by atoms with Crippen molar-refractivity contribution in [3.63, 3.8) is 0 Å². The first kappa shape index (κ1) is 7.62. The van der Waals surface area contributed by atoms with E-state index in [-0.39, 0.29) is 6.03 Å². The molecule has 0 atom stereocenters. The Morgan fingerprint density at radius 2 is 2.38 bits per heavy atom. The van der Waals surface area contributed by atoms with E-state index in [1.54, 1.807) is 7.05 Å². The van der Waals surface area contributed by atoms with E-state index in [2.05, 4.69) is 18.1 Å². The Kier molecular flexibility index (Phi) is 3.43. The number of amides is 2. The Labute approximate surface area is 54.6 Å². The molecule has 48 valence electrons. The van der Waals surface area contributed by atoms with E-state index in [1.807, 2.05) is 6.92 Å². The largest absolute Gasteiger partial charge is 0.338 e. The first-order chi connectivity index (χ1) is 3.68. The molecule has 0 radical (unpaired) electrons. The van der Waals surface area contributed by atoms with E-state index < -0.39 is 0 Å². The number of thiol groups is 1. The first-order valence-corrected chi connectivity index (χ1v) is 2.79. The fraction of sp³-hybridized carbons (Fsp3) is 0.750. The van der Waals surface area contributed by atoms with Gasteiger partial charge in [0.1, 0.15) is 0 Å². The van der Waals surface area contributed by atoms with Gasteiger partial charge in [-0.15, -0.1) is 0 Å². The van der Waals surface area contributed by atoms with Gasteiger partial charge in [-0.05, 0) is 6.92 Å². The molecule has 0 aliphatic rings. The highest BCUT2D eigenvalue weighted by Crippen LogP contribution is 1.84. The van der Waals surface area contributed by atoms with Crippen molar-refractivity contribution in [1.82, 2.24) is 9.62 Å². The smallest absolute Gasteiger partial charge is 0.326 e. The second-order valence-electron chi connectivity index (χ2n) is 1.36. The third kappa shape index (κ3) is 2.74. The first-order valence-electron chi connectivity index (χ1n) is 2.39. The Morgan fingerprint density at radius 3 is 2.50 bits per heavy atom. The summed E-state index contributed by atoms with van der Waals surface area (Å²) < 4.78 is 1.20. The molecule has 0 unspecified atom stereocenters. The molecule has 0 bridgehead atoms. The van der Waals surface area contributed by atoms with Gasteiger partial charge < -0.3 is 5.32 Å². The van der Waals surface area contributed by atoms with E-state index in [0.717, 1.165) is 0 Å². The number of urea groups is 1. The number of carbonyl (C=O) groups is 1. The summed E-state index contributed by atoms with van der Waals surface area (Å²) in [6.45, 7) is 2.50. The van der Waals surface area contributed by atoms with E-state index in [4.69, 9.17) is 0 Å². The molecule has 0 aromatic carbocycles. The lowest BCUT2D eigenvalue weighted by molar-refractivity contribution is 0.231. The van der Waals surface area contributed by atoms with Gasteiger partial charge in [0.05, 0.1) is 0 Å². The molecular weight excluding hydrogens is 124 g/mol. The fourth-order valence-electron chi connectivity index (χ4n) is 0.266. The molecule has 0 saturated carbocycles. The molecule has 0 fully saturated rings. The maximum absolute atomic E-state index is 10.5. The lowest BCUT2D eigenvalue weighted by Gasteiger charge is -2.07. The number of nitrogens with zero attached hydrogens (tertiary/aromatic N) is 1.